The quantitative estimate of drug-likeness (QED) is 0.796. The van der Waals surface area contributed by atoms with Gasteiger partial charge in [-0.1, -0.05) is 12.1 Å². The number of carbonyl (C=O) groups is 1. The molecule has 2 aromatic heterocycles. The molecule has 1 N–H and O–H groups in total. The van der Waals surface area contributed by atoms with Crippen molar-refractivity contribution in [2.75, 3.05) is 13.1 Å². The molecule has 1 aliphatic rings. The van der Waals surface area contributed by atoms with Crippen LogP contribution in [-0.4, -0.2) is 43.6 Å². The molecule has 0 saturated carbocycles. The third-order valence-corrected chi connectivity index (χ3v) is 4.89. The number of likely N-dealkylation sites (tertiary alicyclic amines) is 1. The van der Waals surface area contributed by atoms with E-state index in [9.17, 15) is 4.79 Å². The summed E-state index contributed by atoms with van der Waals surface area (Å²) in [5.74, 6) is 1.49. The van der Waals surface area contributed by atoms with Gasteiger partial charge in [-0.3, -0.25) is 9.48 Å². The minimum absolute atomic E-state index is 0.203. The number of rotatable bonds is 4. The molecule has 1 fully saturated rings. The standard InChI is InChI=1S/C19H23N5O/c1-14-11-20-24(12-14)10-8-18(25)23-9-4-5-15(13-23)19-21-16-6-2-3-7-17(16)22-19/h2-3,6-7,11-12,15H,4-5,8-10,13H2,1H3,(H,21,22). The number of carbonyl (C=O) groups excluding carboxylic acids is 1. The number of aromatic nitrogens is 4. The predicted octanol–water partition coefficient (Wildman–Crippen LogP) is 2.86. The van der Waals surface area contributed by atoms with E-state index in [1.165, 1.54) is 0 Å². The second kappa shape index (κ2) is 6.70. The van der Waals surface area contributed by atoms with Gasteiger partial charge in [0.15, 0.2) is 0 Å². The Hall–Kier alpha value is -2.63. The predicted molar refractivity (Wildman–Crippen MR) is 96.2 cm³/mol. The summed E-state index contributed by atoms with van der Waals surface area (Å²) in [7, 11) is 0. The summed E-state index contributed by atoms with van der Waals surface area (Å²) < 4.78 is 1.84. The molecule has 130 valence electrons. The molecule has 0 spiro atoms. The third kappa shape index (κ3) is 3.43. The summed E-state index contributed by atoms with van der Waals surface area (Å²) in [5.41, 5.74) is 3.18. The van der Waals surface area contributed by atoms with Crippen molar-refractivity contribution in [3.05, 3.63) is 48.0 Å². The smallest absolute Gasteiger partial charge is 0.224 e. The van der Waals surface area contributed by atoms with Crippen LogP contribution in [0.5, 0.6) is 0 Å². The van der Waals surface area contributed by atoms with Crippen LogP contribution in [0, 0.1) is 6.92 Å². The molecule has 25 heavy (non-hydrogen) atoms. The Morgan fingerprint density at radius 3 is 3.04 bits per heavy atom. The number of para-hydroxylation sites is 2. The van der Waals surface area contributed by atoms with E-state index >= 15 is 0 Å². The zero-order valence-corrected chi connectivity index (χ0v) is 14.5. The van der Waals surface area contributed by atoms with Crippen molar-refractivity contribution in [2.24, 2.45) is 0 Å². The third-order valence-electron chi connectivity index (χ3n) is 4.89. The molecule has 1 saturated heterocycles. The first-order chi connectivity index (χ1) is 12.2. The molecule has 6 nitrogen and oxygen atoms in total. The lowest BCUT2D eigenvalue weighted by Crippen LogP contribution is -2.39. The van der Waals surface area contributed by atoms with E-state index < -0.39 is 0 Å². The van der Waals surface area contributed by atoms with Crippen LogP contribution in [-0.2, 0) is 11.3 Å². The maximum Gasteiger partial charge on any atom is 0.224 e. The van der Waals surface area contributed by atoms with E-state index in [4.69, 9.17) is 4.98 Å². The van der Waals surface area contributed by atoms with Gasteiger partial charge in [0, 0.05) is 38.2 Å². The Labute approximate surface area is 146 Å². The molecule has 3 aromatic rings. The van der Waals surface area contributed by atoms with Gasteiger partial charge < -0.3 is 9.88 Å². The van der Waals surface area contributed by atoms with Crippen molar-refractivity contribution < 1.29 is 4.79 Å². The normalized spacial score (nSPS) is 18.0. The van der Waals surface area contributed by atoms with Crippen molar-refractivity contribution in [1.29, 1.82) is 0 Å². The fourth-order valence-electron chi connectivity index (χ4n) is 3.55. The number of hydrogen-bond acceptors (Lipinski definition) is 3. The van der Waals surface area contributed by atoms with Gasteiger partial charge in [-0.15, -0.1) is 0 Å². The summed E-state index contributed by atoms with van der Waals surface area (Å²) in [6.07, 6.45) is 6.38. The number of benzene rings is 1. The molecule has 0 aliphatic carbocycles. The lowest BCUT2D eigenvalue weighted by atomic mass is 9.97. The molecular formula is C19H23N5O. The van der Waals surface area contributed by atoms with Gasteiger partial charge >= 0.3 is 0 Å². The second-order valence-electron chi connectivity index (χ2n) is 6.85. The monoisotopic (exact) mass is 337 g/mol. The van der Waals surface area contributed by atoms with E-state index in [-0.39, 0.29) is 11.8 Å². The van der Waals surface area contributed by atoms with Crippen LogP contribution in [0.3, 0.4) is 0 Å². The van der Waals surface area contributed by atoms with Crippen LogP contribution in [0.15, 0.2) is 36.7 Å². The highest BCUT2D eigenvalue weighted by Crippen LogP contribution is 2.27. The molecule has 0 radical (unpaired) electrons. The molecule has 1 atom stereocenters. The van der Waals surface area contributed by atoms with Gasteiger partial charge in [0.05, 0.1) is 17.2 Å². The Kier molecular flexibility index (Phi) is 4.26. The van der Waals surface area contributed by atoms with E-state index in [1.807, 2.05) is 53.2 Å². The number of H-pyrrole nitrogens is 1. The minimum atomic E-state index is 0.203. The number of hydrogen-bond donors (Lipinski definition) is 1. The van der Waals surface area contributed by atoms with Crippen LogP contribution in [0.2, 0.25) is 0 Å². The molecular weight excluding hydrogens is 314 g/mol. The largest absolute Gasteiger partial charge is 0.342 e. The second-order valence-corrected chi connectivity index (χ2v) is 6.85. The number of nitrogens with zero attached hydrogens (tertiary/aromatic N) is 4. The zero-order valence-electron chi connectivity index (χ0n) is 14.5. The van der Waals surface area contributed by atoms with Gasteiger partial charge in [0.2, 0.25) is 5.91 Å². The highest BCUT2D eigenvalue weighted by molar-refractivity contribution is 5.76. The molecule has 4 rings (SSSR count). The van der Waals surface area contributed by atoms with Crippen molar-refractivity contribution in [2.45, 2.75) is 38.6 Å². The van der Waals surface area contributed by atoms with Gasteiger partial charge in [0.1, 0.15) is 5.82 Å². The van der Waals surface area contributed by atoms with Gasteiger partial charge in [-0.05, 0) is 37.5 Å². The highest BCUT2D eigenvalue weighted by atomic mass is 16.2. The Morgan fingerprint density at radius 2 is 2.24 bits per heavy atom. The Bertz CT molecular complexity index is 848. The lowest BCUT2D eigenvalue weighted by molar-refractivity contribution is -0.132. The topological polar surface area (TPSA) is 66.8 Å². The number of amides is 1. The van der Waals surface area contributed by atoms with Gasteiger partial charge in [-0.2, -0.15) is 5.10 Å². The van der Waals surface area contributed by atoms with Crippen molar-refractivity contribution in [1.82, 2.24) is 24.6 Å². The Balaban J connectivity index is 1.40. The average Bonchev–Trinajstić information content (AvgIpc) is 3.25. The van der Waals surface area contributed by atoms with Gasteiger partial charge in [-0.25, -0.2) is 4.98 Å². The molecule has 1 aromatic carbocycles. The fourth-order valence-corrected chi connectivity index (χ4v) is 3.55. The number of fused-ring (bicyclic) bond motifs is 1. The maximum absolute atomic E-state index is 12.6. The SMILES string of the molecule is Cc1cnn(CCC(=O)N2CCCC(c3nc4ccccc4[nH]3)C2)c1. The average molecular weight is 337 g/mol. The van der Waals surface area contributed by atoms with Crippen LogP contribution >= 0.6 is 0 Å². The van der Waals surface area contributed by atoms with Crippen LogP contribution < -0.4 is 0 Å². The summed E-state index contributed by atoms with van der Waals surface area (Å²) >= 11 is 0. The van der Waals surface area contributed by atoms with Crippen molar-refractivity contribution in [3.63, 3.8) is 0 Å². The first-order valence-corrected chi connectivity index (χ1v) is 8.90. The maximum atomic E-state index is 12.6. The summed E-state index contributed by atoms with van der Waals surface area (Å²) in [5, 5.41) is 4.25. The van der Waals surface area contributed by atoms with E-state index in [0.717, 1.165) is 48.4 Å². The molecule has 0 bridgehead atoms. The van der Waals surface area contributed by atoms with Gasteiger partial charge in [0.25, 0.3) is 0 Å². The first kappa shape index (κ1) is 15.9. The fraction of sp³-hybridized carbons (Fsp3) is 0.421. The number of imidazole rings is 1. The highest BCUT2D eigenvalue weighted by Gasteiger charge is 2.26. The molecule has 6 heteroatoms. The van der Waals surface area contributed by atoms with E-state index in [1.54, 1.807) is 0 Å². The summed E-state index contributed by atoms with van der Waals surface area (Å²) in [6, 6.07) is 8.08. The number of aromatic amines is 1. The van der Waals surface area contributed by atoms with E-state index in [0.29, 0.717) is 13.0 Å². The molecule has 1 unspecified atom stereocenters. The molecule has 1 amide bonds. The van der Waals surface area contributed by atoms with Crippen LogP contribution in [0.4, 0.5) is 0 Å². The van der Waals surface area contributed by atoms with Crippen LogP contribution in [0.25, 0.3) is 11.0 Å². The minimum Gasteiger partial charge on any atom is -0.342 e. The van der Waals surface area contributed by atoms with Crippen molar-refractivity contribution >= 4 is 16.9 Å². The van der Waals surface area contributed by atoms with Crippen LogP contribution in [0.1, 0.15) is 36.6 Å². The number of nitrogens with one attached hydrogen (secondary N) is 1. The molecule has 3 heterocycles. The molecule has 1 aliphatic heterocycles. The zero-order chi connectivity index (χ0) is 17.2. The summed E-state index contributed by atoms with van der Waals surface area (Å²) in [4.78, 5) is 22.7. The number of aryl methyl sites for hydroxylation is 2. The summed E-state index contributed by atoms with van der Waals surface area (Å²) in [6.45, 7) is 4.23. The lowest BCUT2D eigenvalue weighted by Gasteiger charge is -2.32. The Morgan fingerprint density at radius 1 is 1.36 bits per heavy atom. The number of piperidine rings is 1. The first-order valence-electron chi connectivity index (χ1n) is 8.90. The van der Waals surface area contributed by atoms with E-state index in [2.05, 4.69) is 10.1 Å². The van der Waals surface area contributed by atoms with Crippen molar-refractivity contribution in [3.8, 4) is 0 Å².